The Hall–Kier alpha value is -1.13. The molecule has 1 saturated heterocycles. The third-order valence-corrected chi connectivity index (χ3v) is 3.15. The largest absolute Gasteiger partial charge is 0.340 e. The molecule has 18 heavy (non-hydrogen) atoms. The van der Waals surface area contributed by atoms with E-state index in [2.05, 4.69) is 5.32 Å². The van der Waals surface area contributed by atoms with Crippen LogP contribution in [-0.2, 0) is 4.79 Å². The van der Waals surface area contributed by atoms with Crippen molar-refractivity contribution >= 4 is 18.3 Å². The molecular formula is C13H18ClFN2O. The van der Waals surface area contributed by atoms with Crippen LogP contribution in [0.5, 0.6) is 0 Å². The van der Waals surface area contributed by atoms with Crippen molar-refractivity contribution in [3.8, 4) is 0 Å². The van der Waals surface area contributed by atoms with E-state index in [-0.39, 0.29) is 30.0 Å². The number of nitrogens with zero attached hydrogens (tertiary/aromatic N) is 1. The summed E-state index contributed by atoms with van der Waals surface area (Å²) < 4.78 is 13.1. The van der Waals surface area contributed by atoms with Crippen LogP contribution < -0.4 is 5.32 Å². The summed E-state index contributed by atoms with van der Waals surface area (Å²) in [7, 11) is 0. The minimum absolute atomic E-state index is 0. The molecule has 1 unspecified atom stereocenters. The zero-order valence-electron chi connectivity index (χ0n) is 10.4. The van der Waals surface area contributed by atoms with E-state index in [0.717, 1.165) is 31.7 Å². The summed E-state index contributed by atoms with van der Waals surface area (Å²) in [6, 6.07) is 6.27. The lowest BCUT2D eigenvalue weighted by Gasteiger charge is -2.29. The molecule has 2 rings (SSSR count). The summed E-state index contributed by atoms with van der Waals surface area (Å²) in [5.74, 6) is -0.483. The maximum atomic E-state index is 13.1. The van der Waals surface area contributed by atoms with E-state index in [0.29, 0.717) is 0 Å². The predicted molar refractivity (Wildman–Crippen MR) is 71.5 cm³/mol. The van der Waals surface area contributed by atoms with Gasteiger partial charge in [-0.15, -0.1) is 12.4 Å². The van der Waals surface area contributed by atoms with Crippen LogP contribution in [0.1, 0.15) is 18.4 Å². The van der Waals surface area contributed by atoms with Crippen LogP contribution >= 0.6 is 12.4 Å². The molecule has 1 atom stereocenters. The van der Waals surface area contributed by atoms with Gasteiger partial charge >= 0.3 is 0 Å². The van der Waals surface area contributed by atoms with E-state index >= 15 is 0 Å². The number of amides is 1. The predicted octanol–water partition coefficient (Wildman–Crippen LogP) is 1.78. The first-order valence-electron chi connectivity index (χ1n) is 5.93. The lowest BCUT2D eigenvalue weighted by Crippen LogP contribution is -2.47. The Morgan fingerprint density at radius 2 is 2.06 bits per heavy atom. The molecule has 1 fully saturated rings. The van der Waals surface area contributed by atoms with Gasteiger partial charge in [0, 0.05) is 26.2 Å². The lowest BCUT2D eigenvalue weighted by molar-refractivity contribution is -0.133. The van der Waals surface area contributed by atoms with Gasteiger partial charge in [-0.25, -0.2) is 4.39 Å². The smallest absolute Gasteiger partial charge is 0.229 e. The van der Waals surface area contributed by atoms with Crippen molar-refractivity contribution < 1.29 is 9.18 Å². The van der Waals surface area contributed by atoms with Gasteiger partial charge in [0.05, 0.1) is 5.92 Å². The molecule has 1 N–H and O–H groups in total. The highest BCUT2D eigenvalue weighted by atomic mass is 35.5. The Kier molecular flexibility index (Phi) is 5.56. The summed E-state index contributed by atoms with van der Waals surface area (Å²) in [6.45, 7) is 4.97. The molecule has 5 heteroatoms. The van der Waals surface area contributed by atoms with Gasteiger partial charge in [0.1, 0.15) is 5.82 Å². The van der Waals surface area contributed by atoms with Crippen molar-refractivity contribution in [1.82, 2.24) is 10.2 Å². The van der Waals surface area contributed by atoms with E-state index in [1.165, 1.54) is 12.1 Å². The van der Waals surface area contributed by atoms with Gasteiger partial charge in [0.15, 0.2) is 0 Å². The van der Waals surface area contributed by atoms with Gasteiger partial charge in [0.25, 0.3) is 0 Å². The van der Waals surface area contributed by atoms with Crippen LogP contribution in [0.25, 0.3) is 0 Å². The van der Waals surface area contributed by atoms with Gasteiger partial charge < -0.3 is 10.2 Å². The summed E-state index contributed by atoms with van der Waals surface area (Å²) in [5, 5.41) is 3.20. The maximum Gasteiger partial charge on any atom is 0.229 e. The van der Waals surface area contributed by atoms with Gasteiger partial charge in [-0.2, -0.15) is 0 Å². The molecule has 1 aromatic rings. The maximum absolute atomic E-state index is 13.1. The van der Waals surface area contributed by atoms with Crippen LogP contribution in [0.2, 0.25) is 0 Å². The van der Waals surface area contributed by atoms with Gasteiger partial charge in [0.2, 0.25) is 5.91 Å². The van der Waals surface area contributed by atoms with Crippen LogP contribution in [0, 0.1) is 5.82 Å². The number of hydrogen-bond donors (Lipinski definition) is 1. The second-order valence-electron chi connectivity index (χ2n) is 4.35. The number of piperazine rings is 1. The molecule has 1 aliphatic rings. The van der Waals surface area contributed by atoms with Crippen molar-refractivity contribution in [1.29, 1.82) is 0 Å². The number of hydrogen-bond acceptors (Lipinski definition) is 2. The summed E-state index contributed by atoms with van der Waals surface area (Å²) in [4.78, 5) is 14.0. The molecule has 0 spiro atoms. The molecule has 1 aromatic carbocycles. The molecule has 100 valence electrons. The van der Waals surface area contributed by atoms with Crippen molar-refractivity contribution in [2.75, 3.05) is 26.2 Å². The molecule has 1 aliphatic heterocycles. The number of nitrogens with one attached hydrogen (secondary N) is 1. The molecular weight excluding hydrogens is 255 g/mol. The fourth-order valence-electron chi connectivity index (χ4n) is 2.08. The monoisotopic (exact) mass is 272 g/mol. The summed E-state index contributed by atoms with van der Waals surface area (Å²) in [5.41, 5.74) is 0.744. The second kappa shape index (κ2) is 6.71. The molecule has 0 aliphatic carbocycles. The highest BCUT2D eigenvalue weighted by Gasteiger charge is 2.23. The van der Waals surface area contributed by atoms with Crippen LogP contribution in [-0.4, -0.2) is 37.0 Å². The first kappa shape index (κ1) is 14.9. The standard InChI is InChI=1S/C13H17FN2O.ClH/c1-10(11-3-2-4-12(14)9-11)13(17)16-7-5-15-6-8-16;/h2-4,9-10,15H,5-8H2,1H3;1H. The number of carbonyl (C=O) groups excluding carboxylic acids is 1. The minimum Gasteiger partial charge on any atom is -0.340 e. The van der Waals surface area contributed by atoms with Crippen molar-refractivity contribution in [3.63, 3.8) is 0 Å². The Morgan fingerprint density at radius 1 is 1.39 bits per heavy atom. The molecule has 3 nitrogen and oxygen atoms in total. The van der Waals surface area contributed by atoms with E-state index in [9.17, 15) is 9.18 Å². The third kappa shape index (κ3) is 3.43. The van der Waals surface area contributed by atoms with E-state index in [1.807, 2.05) is 11.8 Å². The quantitative estimate of drug-likeness (QED) is 0.890. The van der Waals surface area contributed by atoms with Gasteiger partial charge in [-0.3, -0.25) is 4.79 Å². The second-order valence-corrected chi connectivity index (χ2v) is 4.35. The molecule has 0 radical (unpaired) electrons. The highest BCUT2D eigenvalue weighted by Crippen LogP contribution is 2.19. The molecule has 1 amide bonds. The Balaban J connectivity index is 0.00000162. The van der Waals surface area contributed by atoms with E-state index < -0.39 is 0 Å². The first-order chi connectivity index (χ1) is 8.18. The Bertz CT molecular complexity index is 408. The van der Waals surface area contributed by atoms with E-state index in [4.69, 9.17) is 0 Å². The number of halogens is 2. The zero-order chi connectivity index (χ0) is 12.3. The van der Waals surface area contributed by atoms with E-state index in [1.54, 1.807) is 12.1 Å². The van der Waals surface area contributed by atoms with Crippen LogP contribution in [0.4, 0.5) is 4.39 Å². The molecule has 0 bridgehead atoms. The van der Waals surface area contributed by atoms with Gasteiger partial charge in [-0.1, -0.05) is 12.1 Å². The summed E-state index contributed by atoms with van der Waals surface area (Å²) in [6.07, 6.45) is 0. The Morgan fingerprint density at radius 3 is 2.67 bits per heavy atom. The molecule has 0 saturated carbocycles. The van der Waals surface area contributed by atoms with Gasteiger partial charge in [-0.05, 0) is 24.6 Å². The summed E-state index contributed by atoms with van der Waals surface area (Å²) >= 11 is 0. The molecule has 0 aromatic heterocycles. The normalized spacial score (nSPS) is 16.9. The molecule has 1 heterocycles. The Labute approximate surface area is 113 Å². The van der Waals surface area contributed by atoms with Crippen LogP contribution in [0.3, 0.4) is 0 Å². The fraction of sp³-hybridized carbons (Fsp3) is 0.462. The van der Waals surface area contributed by atoms with Crippen molar-refractivity contribution in [3.05, 3.63) is 35.6 Å². The minimum atomic E-state index is -0.289. The number of benzene rings is 1. The average molecular weight is 273 g/mol. The number of rotatable bonds is 2. The fourth-order valence-corrected chi connectivity index (χ4v) is 2.08. The zero-order valence-corrected chi connectivity index (χ0v) is 11.2. The van der Waals surface area contributed by atoms with Crippen LogP contribution in [0.15, 0.2) is 24.3 Å². The third-order valence-electron chi connectivity index (χ3n) is 3.15. The van der Waals surface area contributed by atoms with Crippen molar-refractivity contribution in [2.24, 2.45) is 0 Å². The highest BCUT2D eigenvalue weighted by molar-refractivity contribution is 5.85. The first-order valence-corrected chi connectivity index (χ1v) is 5.93. The topological polar surface area (TPSA) is 32.3 Å². The average Bonchev–Trinajstić information content (AvgIpc) is 2.38. The number of carbonyl (C=O) groups is 1. The lowest BCUT2D eigenvalue weighted by atomic mass is 9.99. The van der Waals surface area contributed by atoms with Crippen molar-refractivity contribution in [2.45, 2.75) is 12.8 Å². The SMILES string of the molecule is CC(C(=O)N1CCNCC1)c1cccc(F)c1.Cl.